The summed E-state index contributed by atoms with van der Waals surface area (Å²) in [4.78, 5) is 0. The predicted molar refractivity (Wildman–Crippen MR) is 114 cm³/mol. The molecule has 2 aromatic rings. The van der Waals surface area contributed by atoms with Crippen LogP contribution in [0.2, 0.25) is 10.0 Å². The van der Waals surface area contributed by atoms with Gasteiger partial charge in [-0.3, -0.25) is 0 Å². The molecule has 0 radical (unpaired) electrons. The molecule has 0 fully saturated rings. The van der Waals surface area contributed by atoms with E-state index in [-0.39, 0.29) is 0 Å². The van der Waals surface area contributed by atoms with Crippen LogP contribution in [0.1, 0.15) is 11.1 Å². The molecule has 2 aromatic carbocycles. The molecular weight excluding hydrogens is 405 g/mol. The van der Waals surface area contributed by atoms with Crippen molar-refractivity contribution in [3.8, 4) is 11.5 Å². The van der Waals surface area contributed by atoms with Crippen molar-refractivity contribution in [1.29, 1.82) is 0 Å². The van der Waals surface area contributed by atoms with Crippen molar-refractivity contribution in [2.45, 2.75) is 6.61 Å². The van der Waals surface area contributed by atoms with Crippen LogP contribution in [-0.4, -0.2) is 25.0 Å². The van der Waals surface area contributed by atoms with Crippen LogP contribution < -0.4 is 25.3 Å². The Morgan fingerprint density at radius 2 is 2.00 bits per heavy atom. The van der Waals surface area contributed by atoms with Crippen molar-refractivity contribution in [2.24, 2.45) is 0 Å². The number of nitrogens with one attached hydrogen (secondary N) is 3. The maximum atomic E-state index is 6.03. The molecule has 0 unspecified atom stereocenters. The molecule has 142 valence electrons. The van der Waals surface area contributed by atoms with Gasteiger partial charge in [0, 0.05) is 12.1 Å². The van der Waals surface area contributed by atoms with Gasteiger partial charge >= 0.3 is 0 Å². The Kier molecular flexibility index (Phi) is 8.39. The Morgan fingerprint density at radius 1 is 1.19 bits per heavy atom. The lowest BCUT2D eigenvalue weighted by Crippen LogP contribution is -2.82. The van der Waals surface area contributed by atoms with Crippen LogP contribution in [0, 0.1) is 0 Å². The molecule has 0 heterocycles. The Morgan fingerprint density at radius 3 is 2.70 bits per heavy atom. The monoisotopic (exact) mass is 424 g/mol. The fraction of sp³-hybridized carbons (Fsp3) is 0.158. The Labute approximate surface area is 174 Å². The first-order chi connectivity index (χ1) is 13.0. The van der Waals surface area contributed by atoms with E-state index in [0.717, 1.165) is 11.1 Å². The van der Waals surface area contributed by atoms with Gasteiger partial charge in [0.25, 0.3) is 0 Å². The maximum Gasteiger partial charge on any atom is 0.224 e. The van der Waals surface area contributed by atoms with Crippen molar-refractivity contribution in [3.63, 3.8) is 0 Å². The van der Waals surface area contributed by atoms with E-state index >= 15 is 0 Å². The smallest absolute Gasteiger partial charge is 0.224 e. The summed E-state index contributed by atoms with van der Waals surface area (Å²) in [7, 11) is 1.59. The first-order valence-corrected chi connectivity index (χ1v) is 9.18. The third kappa shape index (κ3) is 6.75. The SMILES string of the molecule is C=CCNC(=S)N[NH+]=Cc1ccc(OCc2ccc(Cl)c(Cl)c2)c(OC)c1. The summed E-state index contributed by atoms with van der Waals surface area (Å²) >= 11 is 17.0. The summed E-state index contributed by atoms with van der Waals surface area (Å²) in [6, 6.07) is 10.9. The highest BCUT2D eigenvalue weighted by atomic mass is 35.5. The minimum atomic E-state index is 0.347. The van der Waals surface area contributed by atoms with E-state index < -0.39 is 0 Å². The lowest BCUT2D eigenvalue weighted by molar-refractivity contribution is -0.500. The average Bonchev–Trinajstić information content (AvgIpc) is 2.67. The van der Waals surface area contributed by atoms with Crippen LogP contribution >= 0.6 is 35.4 Å². The molecule has 0 spiro atoms. The second-order valence-electron chi connectivity index (χ2n) is 5.36. The number of thiocarbonyl (C=S) groups is 1. The van der Waals surface area contributed by atoms with Gasteiger partial charge in [0.05, 0.1) is 17.2 Å². The van der Waals surface area contributed by atoms with Crippen molar-refractivity contribution in [1.82, 2.24) is 10.7 Å². The zero-order valence-electron chi connectivity index (χ0n) is 14.7. The predicted octanol–water partition coefficient (Wildman–Crippen LogP) is 2.65. The molecule has 2 rings (SSSR count). The zero-order chi connectivity index (χ0) is 19.6. The van der Waals surface area contributed by atoms with Crippen molar-refractivity contribution < 1.29 is 14.6 Å². The van der Waals surface area contributed by atoms with E-state index in [9.17, 15) is 0 Å². The fourth-order valence-corrected chi connectivity index (χ4v) is 2.54. The Hall–Kier alpha value is -2.28. The molecule has 27 heavy (non-hydrogen) atoms. The van der Waals surface area contributed by atoms with Crippen LogP contribution in [0.3, 0.4) is 0 Å². The van der Waals surface area contributed by atoms with Gasteiger partial charge in [-0.15, -0.1) is 17.1 Å². The summed E-state index contributed by atoms with van der Waals surface area (Å²) < 4.78 is 11.2. The van der Waals surface area contributed by atoms with Gasteiger partial charge in [-0.05, 0) is 48.1 Å². The molecule has 0 aliphatic heterocycles. The molecule has 0 aliphatic rings. The van der Waals surface area contributed by atoms with E-state index in [2.05, 4.69) is 22.4 Å². The largest absolute Gasteiger partial charge is 0.493 e. The van der Waals surface area contributed by atoms with Crippen LogP contribution in [0.15, 0.2) is 49.1 Å². The van der Waals surface area contributed by atoms with Crippen LogP contribution in [-0.2, 0) is 6.61 Å². The van der Waals surface area contributed by atoms with Crippen LogP contribution in [0.4, 0.5) is 0 Å². The minimum absolute atomic E-state index is 0.347. The molecule has 3 N–H and O–H groups in total. The number of hydrogen-bond acceptors (Lipinski definition) is 3. The summed E-state index contributed by atoms with van der Waals surface area (Å²) in [6.07, 6.45) is 3.48. The molecular formula is C19H20Cl2N3O2S+. The third-order valence-corrected chi connectivity index (χ3v) is 4.38. The minimum Gasteiger partial charge on any atom is -0.493 e. The van der Waals surface area contributed by atoms with Gasteiger partial charge in [0.2, 0.25) is 5.11 Å². The van der Waals surface area contributed by atoms with E-state index in [1.165, 1.54) is 0 Å². The second-order valence-corrected chi connectivity index (χ2v) is 6.58. The molecule has 0 aromatic heterocycles. The number of halogens is 2. The van der Waals surface area contributed by atoms with Crippen LogP contribution in [0.5, 0.6) is 11.5 Å². The van der Waals surface area contributed by atoms with Gasteiger partial charge in [0.15, 0.2) is 17.7 Å². The molecule has 0 saturated carbocycles. The zero-order valence-corrected chi connectivity index (χ0v) is 17.0. The summed E-state index contributed by atoms with van der Waals surface area (Å²) in [5, 5.41) is 7.34. The number of hydrazone groups is 1. The molecule has 5 nitrogen and oxygen atoms in total. The summed E-state index contributed by atoms with van der Waals surface area (Å²) in [6.45, 7) is 4.55. The van der Waals surface area contributed by atoms with Crippen molar-refractivity contribution in [3.05, 3.63) is 70.2 Å². The molecule has 0 saturated heterocycles. The van der Waals surface area contributed by atoms with E-state index in [0.29, 0.717) is 39.8 Å². The standard InChI is InChI=1S/C19H19Cl2N3O2S/c1-3-8-22-19(27)24-23-11-13-5-7-17(18(10-13)25-2)26-12-14-4-6-15(20)16(21)9-14/h3-7,9-11H,1,8,12H2,2H3,(H2,22,24,27)/p+1. The normalized spacial score (nSPS) is 10.5. The van der Waals surface area contributed by atoms with E-state index in [4.69, 9.17) is 44.9 Å². The quantitative estimate of drug-likeness (QED) is 0.263. The van der Waals surface area contributed by atoms with Gasteiger partial charge in [-0.2, -0.15) is 0 Å². The Bertz CT molecular complexity index is 844. The van der Waals surface area contributed by atoms with Gasteiger partial charge in [-0.1, -0.05) is 35.3 Å². The number of methoxy groups -OCH3 is 1. The molecule has 0 bridgehead atoms. The molecule has 0 atom stereocenters. The van der Waals surface area contributed by atoms with Crippen molar-refractivity contribution in [2.75, 3.05) is 13.7 Å². The van der Waals surface area contributed by atoms with E-state index in [1.807, 2.05) is 24.3 Å². The lowest BCUT2D eigenvalue weighted by Gasteiger charge is -2.11. The maximum absolute atomic E-state index is 6.03. The topological polar surface area (TPSA) is 56.5 Å². The lowest BCUT2D eigenvalue weighted by atomic mass is 10.2. The summed E-state index contributed by atoms with van der Waals surface area (Å²) in [5.74, 6) is 1.23. The fourth-order valence-electron chi connectivity index (χ4n) is 2.08. The number of rotatable bonds is 8. The highest BCUT2D eigenvalue weighted by Crippen LogP contribution is 2.29. The van der Waals surface area contributed by atoms with Crippen LogP contribution in [0.25, 0.3) is 0 Å². The van der Waals surface area contributed by atoms with Crippen molar-refractivity contribution >= 4 is 46.7 Å². The average molecular weight is 425 g/mol. The second kappa shape index (κ2) is 10.8. The molecule has 0 amide bonds. The Balaban J connectivity index is 1.99. The van der Waals surface area contributed by atoms with E-state index in [1.54, 1.807) is 31.5 Å². The highest BCUT2D eigenvalue weighted by molar-refractivity contribution is 7.80. The number of hydrazine groups is 1. The number of hydrogen-bond donors (Lipinski definition) is 3. The third-order valence-electron chi connectivity index (χ3n) is 3.40. The number of benzene rings is 2. The van der Waals surface area contributed by atoms with Gasteiger partial charge in [-0.25, -0.2) is 0 Å². The first-order valence-electron chi connectivity index (χ1n) is 8.01. The van der Waals surface area contributed by atoms with Gasteiger partial charge in [0.1, 0.15) is 6.61 Å². The first kappa shape index (κ1) is 21.0. The molecule has 8 heteroatoms. The van der Waals surface area contributed by atoms with Gasteiger partial charge < -0.3 is 14.8 Å². The highest BCUT2D eigenvalue weighted by Gasteiger charge is 2.08. The summed E-state index contributed by atoms with van der Waals surface area (Å²) in [5.41, 5.74) is 4.64. The molecule has 0 aliphatic carbocycles. The number of ether oxygens (including phenoxy) is 2.